The monoisotopic (exact) mass is 182 g/mol. The molecular weight excluding hydrogens is 164 g/mol. The Hall–Kier alpha value is -0.890. The lowest BCUT2D eigenvalue weighted by molar-refractivity contribution is -0.132. The first-order valence-corrected chi connectivity index (χ1v) is 4.42. The molecule has 2 heteroatoms. The van der Waals surface area contributed by atoms with Crippen LogP contribution in [0.3, 0.4) is 0 Å². The Morgan fingerprint density at radius 1 is 1.46 bits per heavy atom. The molecule has 0 aromatic rings. The van der Waals surface area contributed by atoms with Gasteiger partial charge in [-0.05, 0) is 26.7 Å². The SMILES string of the molecule is C=CCC(CC=C)(C(C)=O)[C@H](C)O. The molecule has 0 saturated carbocycles. The van der Waals surface area contributed by atoms with Crippen LogP contribution in [0.2, 0.25) is 0 Å². The maximum absolute atomic E-state index is 11.4. The van der Waals surface area contributed by atoms with Crippen LogP contribution in [0.25, 0.3) is 0 Å². The largest absolute Gasteiger partial charge is 0.392 e. The zero-order valence-electron chi connectivity index (χ0n) is 8.42. The Balaban J connectivity index is 4.90. The van der Waals surface area contributed by atoms with E-state index in [1.165, 1.54) is 6.92 Å². The molecule has 0 aliphatic carbocycles. The van der Waals surface area contributed by atoms with Crippen LogP contribution in [0.1, 0.15) is 26.7 Å². The van der Waals surface area contributed by atoms with Crippen molar-refractivity contribution >= 4 is 5.78 Å². The summed E-state index contributed by atoms with van der Waals surface area (Å²) >= 11 is 0. The minimum Gasteiger partial charge on any atom is -0.392 e. The van der Waals surface area contributed by atoms with E-state index in [2.05, 4.69) is 13.2 Å². The predicted octanol–water partition coefficient (Wildman–Crippen LogP) is 2.09. The Bertz CT molecular complexity index is 194. The van der Waals surface area contributed by atoms with Gasteiger partial charge in [0.05, 0.1) is 11.5 Å². The Kier molecular flexibility index (Phi) is 4.63. The molecule has 0 heterocycles. The number of hydrogen-bond donors (Lipinski definition) is 1. The first-order valence-electron chi connectivity index (χ1n) is 4.42. The predicted molar refractivity (Wildman–Crippen MR) is 54.4 cm³/mol. The van der Waals surface area contributed by atoms with Crippen LogP contribution in [0.15, 0.2) is 25.3 Å². The van der Waals surface area contributed by atoms with Gasteiger partial charge < -0.3 is 5.11 Å². The van der Waals surface area contributed by atoms with Crippen LogP contribution in [0.5, 0.6) is 0 Å². The molecule has 0 spiro atoms. The molecule has 1 N–H and O–H groups in total. The Morgan fingerprint density at radius 3 is 2.00 bits per heavy atom. The van der Waals surface area contributed by atoms with Gasteiger partial charge in [0.2, 0.25) is 0 Å². The fraction of sp³-hybridized carbons (Fsp3) is 0.545. The van der Waals surface area contributed by atoms with Gasteiger partial charge in [0.25, 0.3) is 0 Å². The normalized spacial score (nSPS) is 13.5. The van der Waals surface area contributed by atoms with E-state index < -0.39 is 11.5 Å². The Morgan fingerprint density at radius 2 is 1.85 bits per heavy atom. The lowest BCUT2D eigenvalue weighted by Gasteiger charge is -2.32. The molecule has 0 unspecified atom stereocenters. The summed E-state index contributed by atoms with van der Waals surface area (Å²) < 4.78 is 0. The van der Waals surface area contributed by atoms with E-state index in [0.29, 0.717) is 12.8 Å². The molecule has 0 radical (unpaired) electrons. The highest BCUT2D eigenvalue weighted by Gasteiger charge is 2.37. The lowest BCUT2D eigenvalue weighted by Crippen LogP contribution is -2.38. The number of carbonyl (C=O) groups excluding carboxylic acids is 1. The molecule has 13 heavy (non-hydrogen) atoms. The maximum Gasteiger partial charge on any atom is 0.139 e. The van der Waals surface area contributed by atoms with Crippen LogP contribution in [0, 0.1) is 5.41 Å². The average Bonchev–Trinajstić information content (AvgIpc) is 2.03. The van der Waals surface area contributed by atoms with E-state index in [4.69, 9.17) is 0 Å². The third-order valence-electron chi connectivity index (χ3n) is 2.52. The van der Waals surface area contributed by atoms with Crippen molar-refractivity contribution in [2.75, 3.05) is 0 Å². The Labute approximate surface area is 80.0 Å². The lowest BCUT2D eigenvalue weighted by atomic mass is 9.73. The molecule has 0 amide bonds. The number of aliphatic hydroxyl groups is 1. The summed E-state index contributed by atoms with van der Waals surface area (Å²) in [5.74, 6) is -0.0118. The van der Waals surface area contributed by atoms with Crippen LogP contribution >= 0.6 is 0 Å². The second kappa shape index (κ2) is 4.97. The highest BCUT2D eigenvalue weighted by Crippen LogP contribution is 2.32. The molecule has 0 rings (SSSR count). The van der Waals surface area contributed by atoms with Gasteiger partial charge in [-0.15, -0.1) is 13.2 Å². The van der Waals surface area contributed by atoms with Crippen molar-refractivity contribution in [2.45, 2.75) is 32.8 Å². The van der Waals surface area contributed by atoms with Gasteiger partial charge in [-0.25, -0.2) is 0 Å². The molecular formula is C11H18O2. The van der Waals surface area contributed by atoms with Gasteiger partial charge in [0.15, 0.2) is 0 Å². The number of rotatable bonds is 6. The van der Waals surface area contributed by atoms with E-state index in [-0.39, 0.29) is 5.78 Å². The van der Waals surface area contributed by atoms with Crippen molar-refractivity contribution in [3.05, 3.63) is 25.3 Å². The van der Waals surface area contributed by atoms with E-state index >= 15 is 0 Å². The first kappa shape index (κ1) is 12.1. The third-order valence-corrected chi connectivity index (χ3v) is 2.52. The van der Waals surface area contributed by atoms with Crippen molar-refractivity contribution in [2.24, 2.45) is 5.41 Å². The van der Waals surface area contributed by atoms with E-state index in [1.807, 2.05) is 0 Å². The van der Waals surface area contributed by atoms with E-state index in [0.717, 1.165) is 0 Å². The summed E-state index contributed by atoms with van der Waals surface area (Å²) in [6.07, 6.45) is 3.65. The molecule has 0 aliphatic rings. The second-order valence-electron chi connectivity index (χ2n) is 3.37. The maximum atomic E-state index is 11.4. The molecule has 0 aliphatic heterocycles. The van der Waals surface area contributed by atoms with Crippen LogP contribution < -0.4 is 0 Å². The first-order chi connectivity index (χ1) is 6.01. The molecule has 2 nitrogen and oxygen atoms in total. The summed E-state index contributed by atoms with van der Waals surface area (Å²) in [6.45, 7) is 10.3. The van der Waals surface area contributed by atoms with E-state index in [1.54, 1.807) is 19.1 Å². The minimum absolute atomic E-state index is 0.0118. The summed E-state index contributed by atoms with van der Waals surface area (Å²) in [4.78, 5) is 11.4. The zero-order valence-corrected chi connectivity index (χ0v) is 8.42. The fourth-order valence-corrected chi connectivity index (χ4v) is 1.52. The topological polar surface area (TPSA) is 37.3 Å². The molecule has 0 fully saturated rings. The summed E-state index contributed by atoms with van der Waals surface area (Å²) in [5.41, 5.74) is -0.719. The highest BCUT2D eigenvalue weighted by atomic mass is 16.3. The van der Waals surface area contributed by atoms with Crippen LogP contribution in [0.4, 0.5) is 0 Å². The standard InChI is InChI=1S/C11H18O2/c1-5-7-11(8-6-2,9(3)12)10(4)13/h5-6,9,12H,1-2,7-8H2,3-4H3/t9-/m0/s1. The minimum atomic E-state index is -0.719. The van der Waals surface area contributed by atoms with Crippen molar-refractivity contribution in [3.8, 4) is 0 Å². The summed E-state index contributed by atoms with van der Waals surface area (Å²) in [6, 6.07) is 0. The number of allylic oxidation sites excluding steroid dienone is 2. The number of carbonyl (C=O) groups is 1. The molecule has 0 aromatic carbocycles. The van der Waals surface area contributed by atoms with Crippen LogP contribution in [-0.4, -0.2) is 17.0 Å². The van der Waals surface area contributed by atoms with Gasteiger partial charge in [0.1, 0.15) is 5.78 Å². The smallest absolute Gasteiger partial charge is 0.139 e. The fourth-order valence-electron chi connectivity index (χ4n) is 1.52. The van der Waals surface area contributed by atoms with Crippen molar-refractivity contribution in [1.29, 1.82) is 0 Å². The molecule has 1 atom stereocenters. The number of Topliss-reactive ketones (excluding diaryl/α,β-unsaturated/α-hetero) is 1. The third kappa shape index (κ3) is 2.52. The quantitative estimate of drug-likeness (QED) is 0.639. The van der Waals surface area contributed by atoms with Gasteiger partial charge in [0, 0.05) is 0 Å². The highest BCUT2D eigenvalue weighted by molar-refractivity contribution is 5.83. The number of ketones is 1. The molecule has 0 saturated heterocycles. The number of aliphatic hydroxyl groups excluding tert-OH is 1. The molecule has 74 valence electrons. The van der Waals surface area contributed by atoms with Gasteiger partial charge in [-0.3, -0.25) is 4.79 Å². The van der Waals surface area contributed by atoms with Gasteiger partial charge in [-0.2, -0.15) is 0 Å². The average molecular weight is 182 g/mol. The van der Waals surface area contributed by atoms with Crippen molar-refractivity contribution < 1.29 is 9.90 Å². The summed E-state index contributed by atoms with van der Waals surface area (Å²) in [5, 5.41) is 9.58. The second-order valence-corrected chi connectivity index (χ2v) is 3.37. The number of hydrogen-bond acceptors (Lipinski definition) is 2. The van der Waals surface area contributed by atoms with Gasteiger partial charge in [-0.1, -0.05) is 12.2 Å². The van der Waals surface area contributed by atoms with Crippen molar-refractivity contribution in [1.82, 2.24) is 0 Å². The summed E-state index contributed by atoms with van der Waals surface area (Å²) in [7, 11) is 0. The van der Waals surface area contributed by atoms with E-state index in [9.17, 15) is 9.90 Å². The zero-order chi connectivity index (χ0) is 10.5. The molecule has 0 bridgehead atoms. The van der Waals surface area contributed by atoms with Gasteiger partial charge >= 0.3 is 0 Å². The molecule has 0 aromatic heterocycles. The van der Waals surface area contributed by atoms with Crippen LogP contribution in [-0.2, 0) is 4.79 Å². The van der Waals surface area contributed by atoms with Crippen molar-refractivity contribution in [3.63, 3.8) is 0 Å².